The maximum atomic E-state index is 6.10. The van der Waals surface area contributed by atoms with E-state index in [0.717, 1.165) is 23.5 Å². The van der Waals surface area contributed by atoms with E-state index in [2.05, 4.69) is 23.3 Å². The fourth-order valence-corrected chi connectivity index (χ4v) is 3.64. The Kier molecular flexibility index (Phi) is 7.65. The Labute approximate surface area is 167 Å². The molecule has 0 amide bonds. The van der Waals surface area contributed by atoms with E-state index in [0.29, 0.717) is 18.5 Å². The number of hydrogen-bond acceptors (Lipinski definition) is 3. The van der Waals surface area contributed by atoms with Crippen LogP contribution in [0.2, 0.25) is 0 Å². The van der Waals surface area contributed by atoms with Gasteiger partial charge in [0.2, 0.25) is 0 Å². The van der Waals surface area contributed by atoms with Gasteiger partial charge in [0.25, 0.3) is 0 Å². The molecule has 0 radical (unpaired) electrons. The number of halogens is 1. The van der Waals surface area contributed by atoms with Gasteiger partial charge in [0.05, 0.1) is 13.7 Å². The summed E-state index contributed by atoms with van der Waals surface area (Å²) >= 11 is 0. The van der Waals surface area contributed by atoms with Crippen LogP contribution in [0.15, 0.2) is 17.1 Å². The van der Waals surface area contributed by atoms with Crippen molar-refractivity contribution in [2.24, 2.45) is 10.7 Å². The van der Waals surface area contributed by atoms with Gasteiger partial charge in [-0.05, 0) is 31.9 Å². The molecule has 1 atom stereocenters. The predicted molar refractivity (Wildman–Crippen MR) is 112 cm³/mol. The molecule has 0 spiro atoms. The molecule has 1 saturated carbocycles. The van der Waals surface area contributed by atoms with Crippen molar-refractivity contribution in [1.29, 1.82) is 0 Å². The number of rotatable bonds is 4. The van der Waals surface area contributed by atoms with Gasteiger partial charge in [-0.15, -0.1) is 24.0 Å². The lowest BCUT2D eigenvalue weighted by Gasteiger charge is -2.17. The van der Waals surface area contributed by atoms with Gasteiger partial charge >= 0.3 is 0 Å². The third-order valence-electron chi connectivity index (χ3n) is 4.93. The van der Waals surface area contributed by atoms with Gasteiger partial charge in [-0.2, -0.15) is 0 Å². The van der Waals surface area contributed by atoms with Crippen molar-refractivity contribution in [1.82, 2.24) is 5.32 Å². The fourth-order valence-electron chi connectivity index (χ4n) is 3.64. The summed E-state index contributed by atoms with van der Waals surface area (Å²) in [6, 6.07) is 4.57. The van der Waals surface area contributed by atoms with Gasteiger partial charge in [-0.3, -0.25) is 0 Å². The fraction of sp³-hybridized carbons (Fsp3) is 0.632. The second-order valence-electron chi connectivity index (χ2n) is 6.94. The Morgan fingerprint density at radius 2 is 2.00 bits per heavy atom. The normalized spacial score (nSPS) is 20.9. The summed E-state index contributed by atoms with van der Waals surface area (Å²) in [7, 11) is 1.70. The molecule has 140 valence electrons. The average molecular weight is 459 g/mol. The Morgan fingerprint density at radius 3 is 2.68 bits per heavy atom. The van der Waals surface area contributed by atoms with Gasteiger partial charge in [0.15, 0.2) is 5.96 Å². The Bertz CT molecular complexity index is 599. The molecule has 0 bridgehead atoms. The molecule has 1 aromatic carbocycles. The molecule has 5 nitrogen and oxygen atoms in total. The van der Waals surface area contributed by atoms with Crippen LogP contribution < -0.4 is 20.5 Å². The van der Waals surface area contributed by atoms with Gasteiger partial charge < -0.3 is 20.5 Å². The zero-order valence-corrected chi connectivity index (χ0v) is 17.5. The first-order chi connectivity index (χ1) is 11.7. The highest BCUT2D eigenvalue weighted by Gasteiger charge is 2.21. The van der Waals surface area contributed by atoms with Crippen molar-refractivity contribution < 1.29 is 9.47 Å². The number of nitrogens with one attached hydrogen (secondary N) is 1. The lowest BCUT2D eigenvalue weighted by molar-refractivity contribution is 0.254. The van der Waals surface area contributed by atoms with Gasteiger partial charge in [-0.1, -0.05) is 25.7 Å². The molecule has 1 aromatic rings. The van der Waals surface area contributed by atoms with Crippen LogP contribution in [0, 0.1) is 0 Å². The zero-order valence-electron chi connectivity index (χ0n) is 15.2. The van der Waals surface area contributed by atoms with Crippen LogP contribution in [-0.4, -0.2) is 25.2 Å². The van der Waals surface area contributed by atoms with Gasteiger partial charge in [0, 0.05) is 23.6 Å². The molecule has 6 heteroatoms. The minimum Gasteiger partial charge on any atom is -0.496 e. The number of guanidine groups is 1. The van der Waals surface area contributed by atoms with Crippen molar-refractivity contribution in [3.63, 3.8) is 0 Å². The number of nitrogens with zero attached hydrogens (tertiary/aromatic N) is 1. The van der Waals surface area contributed by atoms with E-state index in [1.807, 2.05) is 6.07 Å². The summed E-state index contributed by atoms with van der Waals surface area (Å²) < 4.78 is 11.4. The molecular weight excluding hydrogens is 429 g/mol. The first-order valence-electron chi connectivity index (χ1n) is 9.08. The van der Waals surface area contributed by atoms with E-state index in [9.17, 15) is 0 Å². The molecule has 1 unspecified atom stereocenters. The number of aliphatic imine (C=N–C) groups is 1. The SMILES string of the molecule is COc1cc2c(cc1CN=C(N)NC1CCCCCC1)OC(C)C2.I. The smallest absolute Gasteiger partial charge is 0.189 e. The van der Waals surface area contributed by atoms with Crippen LogP contribution in [0.25, 0.3) is 0 Å². The van der Waals surface area contributed by atoms with Crippen molar-refractivity contribution in [3.8, 4) is 11.5 Å². The molecule has 3 rings (SSSR count). The second-order valence-corrected chi connectivity index (χ2v) is 6.94. The second kappa shape index (κ2) is 9.50. The minimum atomic E-state index is 0. The van der Waals surface area contributed by atoms with E-state index in [1.165, 1.54) is 44.1 Å². The average Bonchev–Trinajstić information content (AvgIpc) is 2.75. The largest absolute Gasteiger partial charge is 0.496 e. The molecule has 1 aliphatic carbocycles. The minimum absolute atomic E-state index is 0. The molecule has 0 saturated heterocycles. The Balaban J connectivity index is 0.00000225. The maximum absolute atomic E-state index is 6.10. The van der Waals surface area contributed by atoms with Gasteiger partial charge in [0.1, 0.15) is 17.6 Å². The van der Waals surface area contributed by atoms with Crippen molar-refractivity contribution in [2.45, 2.75) is 70.6 Å². The van der Waals surface area contributed by atoms with Crippen LogP contribution in [0.4, 0.5) is 0 Å². The highest BCUT2D eigenvalue weighted by atomic mass is 127. The summed E-state index contributed by atoms with van der Waals surface area (Å²) in [4.78, 5) is 4.52. The highest BCUT2D eigenvalue weighted by molar-refractivity contribution is 14.0. The molecule has 25 heavy (non-hydrogen) atoms. The summed E-state index contributed by atoms with van der Waals surface area (Å²) in [6.07, 6.45) is 8.75. The summed E-state index contributed by atoms with van der Waals surface area (Å²) in [5.74, 6) is 2.33. The maximum Gasteiger partial charge on any atom is 0.189 e. The van der Waals surface area contributed by atoms with Crippen LogP contribution in [0.1, 0.15) is 56.6 Å². The van der Waals surface area contributed by atoms with E-state index in [4.69, 9.17) is 15.2 Å². The Hall–Kier alpha value is -1.18. The van der Waals surface area contributed by atoms with Crippen molar-refractivity contribution in [2.75, 3.05) is 7.11 Å². The standard InChI is InChI=1S/C19H29N3O2.HI/c1-13-9-14-10-17(23-2)15(11-18(14)24-13)12-21-19(20)22-16-7-5-3-4-6-8-16;/h10-11,13,16H,3-9,12H2,1-2H3,(H3,20,21,22);1H. The quantitative estimate of drug-likeness (QED) is 0.312. The lowest BCUT2D eigenvalue weighted by atomic mass is 10.1. The molecule has 1 fully saturated rings. The van der Waals surface area contributed by atoms with Crippen LogP contribution in [0.3, 0.4) is 0 Å². The Morgan fingerprint density at radius 1 is 1.28 bits per heavy atom. The molecular formula is C19H30IN3O2. The lowest BCUT2D eigenvalue weighted by Crippen LogP contribution is -2.39. The highest BCUT2D eigenvalue weighted by Crippen LogP contribution is 2.35. The molecule has 1 aliphatic heterocycles. The molecule has 1 heterocycles. The summed E-state index contributed by atoms with van der Waals surface area (Å²) in [6.45, 7) is 2.58. The number of hydrogen-bond donors (Lipinski definition) is 2. The number of fused-ring (bicyclic) bond motifs is 1. The number of benzene rings is 1. The van der Waals surface area contributed by atoms with Crippen molar-refractivity contribution in [3.05, 3.63) is 23.3 Å². The molecule has 0 aromatic heterocycles. The topological polar surface area (TPSA) is 68.9 Å². The van der Waals surface area contributed by atoms with Crippen LogP contribution >= 0.6 is 24.0 Å². The summed E-state index contributed by atoms with van der Waals surface area (Å²) in [5, 5.41) is 3.38. The van der Waals surface area contributed by atoms with Crippen LogP contribution in [-0.2, 0) is 13.0 Å². The van der Waals surface area contributed by atoms with Crippen molar-refractivity contribution >= 4 is 29.9 Å². The number of methoxy groups -OCH3 is 1. The van der Waals surface area contributed by atoms with Crippen LogP contribution in [0.5, 0.6) is 11.5 Å². The van der Waals surface area contributed by atoms with Gasteiger partial charge in [-0.25, -0.2) is 4.99 Å². The number of ether oxygens (including phenoxy) is 2. The molecule has 2 aliphatic rings. The first kappa shape index (κ1) is 20.1. The number of nitrogens with two attached hydrogens (primary N) is 1. The van der Waals surface area contributed by atoms with E-state index in [-0.39, 0.29) is 30.1 Å². The van der Waals surface area contributed by atoms with E-state index in [1.54, 1.807) is 7.11 Å². The van der Waals surface area contributed by atoms with E-state index < -0.39 is 0 Å². The predicted octanol–water partition coefficient (Wildman–Crippen LogP) is 3.76. The molecule has 3 N–H and O–H groups in total. The van der Waals surface area contributed by atoms with E-state index >= 15 is 0 Å². The first-order valence-corrected chi connectivity index (χ1v) is 9.08. The zero-order chi connectivity index (χ0) is 16.9. The monoisotopic (exact) mass is 459 g/mol. The third kappa shape index (κ3) is 5.39. The third-order valence-corrected chi connectivity index (χ3v) is 4.93. The summed E-state index contributed by atoms with van der Waals surface area (Å²) in [5.41, 5.74) is 8.31.